The van der Waals surface area contributed by atoms with Gasteiger partial charge < -0.3 is 4.52 Å². The Balaban J connectivity index is 1.82. The highest BCUT2D eigenvalue weighted by molar-refractivity contribution is 9.10. The zero-order valence-corrected chi connectivity index (χ0v) is 13.1. The van der Waals surface area contributed by atoms with Crippen LogP contribution in [0.5, 0.6) is 0 Å². The van der Waals surface area contributed by atoms with Crippen molar-refractivity contribution in [2.45, 2.75) is 0 Å². The summed E-state index contributed by atoms with van der Waals surface area (Å²) < 4.78 is 6.49. The molecule has 3 nitrogen and oxygen atoms in total. The third kappa shape index (κ3) is 2.31. The van der Waals surface area contributed by atoms with Gasteiger partial charge in [-0.2, -0.15) is 4.98 Å². The fourth-order valence-electron chi connectivity index (χ4n) is 2.46. The number of hydrogen-bond acceptors (Lipinski definition) is 3. The first kappa shape index (κ1) is 13.2. The van der Waals surface area contributed by atoms with Gasteiger partial charge >= 0.3 is 0 Å². The van der Waals surface area contributed by atoms with Gasteiger partial charge in [0.1, 0.15) is 0 Å². The Morgan fingerprint density at radius 1 is 0.818 bits per heavy atom. The number of hydrogen-bond donors (Lipinski definition) is 0. The van der Waals surface area contributed by atoms with Crippen LogP contribution < -0.4 is 0 Å². The van der Waals surface area contributed by atoms with E-state index in [0.29, 0.717) is 11.7 Å². The van der Waals surface area contributed by atoms with Crippen molar-refractivity contribution in [3.8, 4) is 22.8 Å². The van der Waals surface area contributed by atoms with E-state index in [1.807, 2.05) is 48.5 Å². The van der Waals surface area contributed by atoms with Gasteiger partial charge in [-0.15, -0.1) is 0 Å². The van der Waals surface area contributed by atoms with Crippen LogP contribution in [0.1, 0.15) is 0 Å². The van der Waals surface area contributed by atoms with Crippen LogP contribution in [0.2, 0.25) is 0 Å². The van der Waals surface area contributed by atoms with E-state index in [2.05, 4.69) is 44.3 Å². The van der Waals surface area contributed by atoms with E-state index in [0.717, 1.165) is 26.4 Å². The van der Waals surface area contributed by atoms with Gasteiger partial charge in [0.25, 0.3) is 5.89 Å². The molecular weight excluding hydrogens is 340 g/mol. The van der Waals surface area contributed by atoms with Crippen molar-refractivity contribution in [1.82, 2.24) is 10.1 Å². The van der Waals surface area contributed by atoms with Crippen molar-refractivity contribution in [1.29, 1.82) is 0 Å². The summed E-state index contributed by atoms with van der Waals surface area (Å²) in [4.78, 5) is 4.54. The predicted octanol–water partition coefficient (Wildman–Crippen LogP) is 5.32. The van der Waals surface area contributed by atoms with Crippen molar-refractivity contribution in [2.75, 3.05) is 0 Å². The summed E-state index contributed by atoms with van der Waals surface area (Å²) in [6, 6.07) is 22.1. The van der Waals surface area contributed by atoms with Crippen LogP contribution in [-0.4, -0.2) is 10.1 Å². The maximum absolute atomic E-state index is 5.47. The topological polar surface area (TPSA) is 38.9 Å². The molecule has 0 aliphatic rings. The quantitative estimate of drug-likeness (QED) is 0.491. The van der Waals surface area contributed by atoms with E-state index in [4.69, 9.17) is 4.52 Å². The second kappa shape index (κ2) is 5.39. The number of halogens is 1. The van der Waals surface area contributed by atoms with E-state index >= 15 is 0 Å². The summed E-state index contributed by atoms with van der Waals surface area (Å²) in [6.07, 6.45) is 0. The maximum atomic E-state index is 5.47. The van der Waals surface area contributed by atoms with Gasteiger partial charge in [0.2, 0.25) is 5.82 Å². The predicted molar refractivity (Wildman–Crippen MR) is 90.4 cm³/mol. The number of fused-ring (bicyclic) bond motifs is 1. The number of nitrogens with zero attached hydrogens (tertiary/aromatic N) is 2. The summed E-state index contributed by atoms with van der Waals surface area (Å²) in [6.45, 7) is 0. The van der Waals surface area contributed by atoms with Gasteiger partial charge in [-0.25, -0.2) is 0 Å². The lowest BCUT2D eigenvalue weighted by Crippen LogP contribution is -1.82. The Morgan fingerprint density at radius 3 is 2.45 bits per heavy atom. The van der Waals surface area contributed by atoms with Crippen LogP contribution in [0.15, 0.2) is 75.7 Å². The zero-order chi connectivity index (χ0) is 14.9. The minimum Gasteiger partial charge on any atom is -0.334 e. The van der Waals surface area contributed by atoms with Gasteiger partial charge in [-0.1, -0.05) is 57.5 Å². The summed E-state index contributed by atoms with van der Waals surface area (Å²) in [5.41, 5.74) is 1.88. The second-order valence-corrected chi connectivity index (χ2v) is 5.87. The molecule has 0 unspecified atom stereocenters. The van der Waals surface area contributed by atoms with Crippen LogP contribution in [0.25, 0.3) is 33.6 Å². The number of rotatable bonds is 2. The molecule has 0 amide bonds. The largest absolute Gasteiger partial charge is 0.334 e. The molecule has 1 heterocycles. The standard InChI is InChI=1S/C18H11BrN2O/c19-14-10-8-13(9-11-14)17-20-18(22-21-17)16-7-3-5-12-4-1-2-6-15(12)16/h1-11H. The lowest BCUT2D eigenvalue weighted by Gasteiger charge is -2.01. The van der Waals surface area contributed by atoms with Gasteiger partial charge in [-0.05, 0) is 41.1 Å². The Bertz CT molecular complexity index is 939. The molecule has 0 saturated carbocycles. The Morgan fingerprint density at radius 2 is 1.59 bits per heavy atom. The molecule has 0 atom stereocenters. The lowest BCUT2D eigenvalue weighted by molar-refractivity contribution is 0.432. The molecule has 0 saturated heterocycles. The molecule has 0 spiro atoms. The molecule has 0 fully saturated rings. The maximum Gasteiger partial charge on any atom is 0.258 e. The van der Waals surface area contributed by atoms with Gasteiger partial charge in [-0.3, -0.25) is 0 Å². The summed E-state index contributed by atoms with van der Waals surface area (Å²) in [5, 5.41) is 6.36. The molecule has 4 heteroatoms. The molecule has 0 aliphatic heterocycles. The third-order valence-electron chi connectivity index (χ3n) is 3.55. The molecule has 1 aromatic heterocycles. The smallest absolute Gasteiger partial charge is 0.258 e. The molecule has 106 valence electrons. The van der Waals surface area contributed by atoms with Crippen molar-refractivity contribution < 1.29 is 4.52 Å². The van der Waals surface area contributed by atoms with Crippen molar-refractivity contribution >= 4 is 26.7 Å². The number of aromatic nitrogens is 2. The van der Waals surface area contributed by atoms with Crippen molar-refractivity contribution in [3.05, 3.63) is 71.2 Å². The van der Waals surface area contributed by atoms with E-state index in [-0.39, 0.29) is 0 Å². The van der Waals surface area contributed by atoms with Crippen molar-refractivity contribution in [2.24, 2.45) is 0 Å². The fraction of sp³-hybridized carbons (Fsp3) is 0. The molecule has 4 rings (SSSR count). The van der Waals surface area contributed by atoms with Crippen LogP contribution in [-0.2, 0) is 0 Å². The van der Waals surface area contributed by atoms with Gasteiger partial charge in [0.15, 0.2) is 0 Å². The Kier molecular flexibility index (Phi) is 3.24. The highest BCUT2D eigenvalue weighted by Gasteiger charge is 2.12. The summed E-state index contributed by atoms with van der Waals surface area (Å²) in [5.74, 6) is 1.13. The Labute approximate surface area is 135 Å². The fourth-order valence-corrected chi connectivity index (χ4v) is 2.73. The first-order valence-corrected chi connectivity index (χ1v) is 7.68. The van der Waals surface area contributed by atoms with Crippen LogP contribution in [0.3, 0.4) is 0 Å². The van der Waals surface area contributed by atoms with Gasteiger partial charge in [0, 0.05) is 15.6 Å². The Hall–Kier alpha value is -2.46. The van der Waals surface area contributed by atoms with E-state index in [1.165, 1.54) is 0 Å². The van der Waals surface area contributed by atoms with Crippen LogP contribution >= 0.6 is 15.9 Å². The molecular formula is C18H11BrN2O. The van der Waals surface area contributed by atoms with Crippen LogP contribution in [0, 0.1) is 0 Å². The highest BCUT2D eigenvalue weighted by atomic mass is 79.9. The summed E-state index contributed by atoms with van der Waals surface area (Å²) >= 11 is 3.42. The molecule has 0 N–H and O–H groups in total. The van der Waals surface area contributed by atoms with E-state index < -0.39 is 0 Å². The normalized spacial score (nSPS) is 11.0. The second-order valence-electron chi connectivity index (χ2n) is 4.96. The minimum absolute atomic E-state index is 0.537. The zero-order valence-electron chi connectivity index (χ0n) is 11.5. The monoisotopic (exact) mass is 350 g/mol. The van der Waals surface area contributed by atoms with Crippen molar-refractivity contribution in [3.63, 3.8) is 0 Å². The molecule has 3 aromatic carbocycles. The van der Waals surface area contributed by atoms with E-state index in [1.54, 1.807) is 0 Å². The first-order valence-electron chi connectivity index (χ1n) is 6.89. The average Bonchev–Trinajstić information content (AvgIpc) is 3.05. The molecule has 0 bridgehead atoms. The molecule has 0 aliphatic carbocycles. The third-order valence-corrected chi connectivity index (χ3v) is 4.08. The molecule has 0 radical (unpaired) electrons. The lowest BCUT2D eigenvalue weighted by atomic mass is 10.0. The SMILES string of the molecule is Brc1ccc(-c2noc(-c3cccc4ccccc34)n2)cc1. The minimum atomic E-state index is 0.537. The van der Waals surface area contributed by atoms with E-state index in [9.17, 15) is 0 Å². The first-order chi connectivity index (χ1) is 10.8. The number of benzene rings is 3. The molecule has 4 aromatic rings. The molecule has 22 heavy (non-hydrogen) atoms. The summed E-state index contributed by atoms with van der Waals surface area (Å²) in [7, 11) is 0. The highest BCUT2D eigenvalue weighted by Crippen LogP contribution is 2.29. The average molecular weight is 351 g/mol. The van der Waals surface area contributed by atoms with Crippen LogP contribution in [0.4, 0.5) is 0 Å². The van der Waals surface area contributed by atoms with Gasteiger partial charge in [0.05, 0.1) is 0 Å².